The topological polar surface area (TPSA) is 58.2 Å². The third kappa shape index (κ3) is 4.81. The molecule has 0 radical (unpaired) electrons. The number of halogens is 3. The van der Waals surface area contributed by atoms with Crippen LogP contribution in [-0.4, -0.2) is 28.1 Å². The second kappa shape index (κ2) is 7.62. The number of sulfonamides is 1. The summed E-state index contributed by atoms with van der Waals surface area (Å²) < 4.78 is 28.0. The lowest BCUT2D eigenvalue weighted by molar-refractivity contribution is 0.232. The Labute approximate surface area is 145 Å². The molecule has 1 aliphatic heterocycles. The third-order valence-electron chi connectivity index (χ3n) is 3.69. The van der Waals surface area contributed by atoms with E-state index in [4.69, 9.17) is 11.6 Å². The molecule has 0 spiro atoms. The molecular weight excluding hydrogens is 399 g/mol. The second-order valence-electron chi connectivity index (χ2n) is 5.44. The molecule has 0 bridgehead atoms. The fraction of sp³-hybridized carbons (Fsp3) is 0.538. The van der Waals surface area contributed by atoms with Crippen LogP contribution in [0.25, 0.3) is 0 Å². The number of rotatable bonds is 4. The van der Waals surface area contributed by atoms with Crippen LogP contribution in [0.5, 0.6) is 0 Å². The smallest absolute Gasteiger partial charge is 0.243 e. The fourth-order valence-electron chi connectivity index (χ4n) is 2.29. The Morgan fingerprint density at radius 2 is 2.00 bits per heavy atom. The summed E-state index contributed by atoms with van der Waals surface area (Å²) in [7, 11) is -3.61. The van der Waals surface area contributed by atoms with Gasteiger partial charge in [0.25, 0.3) is 0 Å². The van der Waals surface area contributed by atoms with Gasteiger partial charge in [-0.2, -0.15) is 0 Å². The predicted molar refractivity (Wildman–Crippen MR) is 91.8 cm³/mol. The van der Waals surface area contributed by atoms with Crippen LogP contribution >= 0.6 is 39.9 Å². The molecule has 21 heavy (non-hydrogen) atoms. The highest BCUT2D eigenvalue weighted by Crippen LogP contribution is 2.31. The van der Waals surface area contributed by atoms with E-state index in [-0.39, 0.29) is 27.7 Å². The lowest BCUT2D eigenvalue weighted by Gasteiger charge is -2.34. The van der Waals surface area contributed by atoms with Gasteiger partial charge in [-0.15, -0.1) is 12.4 Å². The van der Waals surface area contributed by atoms with E-state index >= 15 is 0 Å². The highest BCUT2D eigenvalue weighted by molar-refractivity contribution is 9.10. The molecule has 0 saturated carbocycles. The SMILES string of the molecule is CC1(CNS(=O)(=O)c2c(Cl)cccc2Br)CCNCC1.Cl. The van der Waals surface area contributed by atoms with E-state index in [1.54, 1.807) is 18.2 Å². The van der Waals surface area contributed by atoms with Crippen molar-refractivity contribution in [1.82, 2.24) is 10.0 Å². The van der Waals surface area contributed by atoms with Crippen LogP contribution in [0.15, 0.2) is 27.6 Å². The monoisotopic (exact) mass is 416 g/mol. The molecule has 0 atom stereocenters. The van der Waals surface area contributed by atoms with Crippen molar-refractivity contribution in [3.05, 3.63) is 27.7 Å². The summed E-state index contributed by atoms with van der Waals surface area (Å²) in [5, 5.41) is 3.51. The maximum Gasteiger partial charge on any atom is 0.243 e. The van der Waals surface area contributed by atoms with E-state index in [9.17, 15) is 8.42 Å². The van der Waals surface area contributed by atoms with Crippen molar-refractivity contribution in [2.24, 2.45) is 5.41 Å². The molecule has 0 unspecified atom stereocenters. The largest absolute Gasteiger partial charge is 0.317 e. The Balaban J connectivity index is 0.00000220. The Hall–Kier alpha value is 0.150. The first-order valence-electron chi connectivity index (χ1n) is 6.48. The van der Waals surface area contributed by atoms with Crippen LogP contribution in [0.2, 0.25) is 5.02 Å². The molecule has 1 heterocycles. The maximum atomic E-state index is 12.4. The molecule has 2 N–H and O–H groups in total. The molecule has 4 nitrogen and oxygen atoms in total. The summed E-state index contributed by atoms with van der Waals surface area (Å²) in [4.78, 5) is 0.110. The molecule has 0 aromatic heterocycles. The fourth-order valence-corrected chi connectivity index (χ4v) is 5.22. The molecule has 1 fully saturated rings. The van der Waals surface area contributed by atoms with Gasteiger partial charge in [0.2, 0.25) is 10.0 Å². The molecule has 1 aromatic rings. The second-order valence-corrected chi connectivity index (χ2v) is 8.40. The van der Waals surface area contributed by atoms with Gasteiger partial charge in [-0.1, -0.05) is 24.6 Å². The van der Waals surface area contributed by atoms with E-state index < -0.39 is 10.0 Å². The van der Waals surface area contributed by atoms with E-state index in [0.29, 0.717) is 11.0 Å². The van der Waals surface area contributed by atoms with Crippen molar-refractivity contribution < 1.29 is 8.42 Å². The van der Waals surface area contributed by atoms with Crippen LogP contribution in [-0.2, 0) is 10.0 Å². The number of hydrogen-bond donors (Lipinski definition) is 2. The lowest BCUT2D eigenvalue weighted by atomic mass is 9.81. The molecule has 1 aromatic carbocycles. The minimum atomic E-state index is -3.61. The van der Waals surface area contributed by atoms with Crippen LogP contribution in [0.4, 0.5) is 0 Å². The summed E-state index contributed by atoms with van der Waals surface area (Å²) in [6, 6.07) is 4.96. The number of hydrogen-bond acceptors (Lipinski definition) is 3. The van der Waals surface area contributed by atoms with Gasteiger partial charge in [0, 0.05) is 11.0 Å². The quantitative estimate of drug-likeness (QED) is 0.790. The van der Waals surface area contributed by atoms with Crippen molar-refractivity contribution in [1.29, 1.82) is 0 Å². The van der Waals surface area contributed by atoms with Gasteiger partial charge in [0.05, 0.1) is 5.02 Å². The Morgan fingerprint density at radius 3 is 2.57 bits per heavy atom. The summed E-state index contributed by atoms with van der Waals surface area (Å²) in [5.74, 6) is 0. The summed E-state index contributed by atoms with van der Waals surface area (Å²) >= 11 is 9.26. The zero-order valence-electron chi connectivity index (χ0n) is 11.7. The van der Waals surface area contributed by atoms with Crippen molar-refractivity contribution in [2.75, 3.05) is 19.6 Å². The van der Waals surface area contributed by atoms with Gasteiger partial charge in [0.1, 0.15) is 4.90 Å². The first-order chi connectivity index (χ1) is 9.34. The van der Waals surface area contributed by atoms with Crippen molar-refractivity contribution in [3.63, 3.8) is 0 Å². The third-order valence-corrected chi connectivity index (χ3v) is 6.54. The number of benzene rings is 1. The van der Waals surface area contributed by atoms with E-state index in [1.165, 1.54) is 0 Å². The van der Waals surface area contributed by atoms with E-state index in [1.807, 2.05) is 0 Å². The standard InChI is InChI=1S/C13H18BrClN2O2S.ClH/c1-13(5-7-16-8-6-13)9-17-20(18,19)12-10(14)3-2-4-11(12)15;/h2-4,16-17H,5-9H2,1H3;1H. The predicted octanol–water partition coefficient (Wildman–Crippen LogP) is 3.19. The highest BCUT2D eigenvalue weighted by atomic mass is 79.9. The Bertz CT molecular complexity index is 570. The minimum Gasteiger partial charge on any atom is -0.317 e. The normalized spacial score (nSPS) is 18.0. The molecule has 1 aliphatic rings. The summed E-state index contributed by atoms with van der Waals surface area (Å²) in [5.41, 5.74) is -0.00788. The molecule has 0 amide bonds. The molecular formula is C13H19BrCl2N2O2S. The van der Waals surface area contributed by atoms with Gasteiger partial charge >= 0.3 is 0 Å². The minimum absolute atomic E-state index is 0. The molecule has 1 saturated heterocycles. The molecule has 0 aliphatic carbocycles. The van der Waals surface area contributed by atoms with Crippen molar-refractivity contribution >= 4 is 50.0 Å². The van der Waals surface area contributed by atoms with E-state index in [2.05, 4.69) is 32.9 Å². The van der Waals surface area contributed by atoms with Gasteiger partial charge in [-0.3, -0.25) is 0 Å². The first-order valence-corrected chi connectivity index (χ1v) is 9.14. The number of nitrogens with one attached hydrogen (secondary N) is 2. The first kappa shape index (κ1) is 19.2. The van der Waals surface area contributed by atoms with Crippen LogP contribution in [0.1, 0.15) is 19.8 Å². The zero-order valence-corrected chi connectivity index (χ0v) is 15.6. The zero-order chi connectivity index (χ0) is 14.8. The highest BCUT2D eigenvalue weighted by Gasteiger charge is 2.30. The average molecular weight is 418 g/mol. The van der Waals surface area contributed by atoms with Gasteiger partial charge in [-0.05, 0) is 59.4 Å². The lowest BCUT2D eigenvalue weighted by Crippen LogP contribution is -2.42. The van der Waals surface area contributed by atoms with Gasteiger partial charge in [0.15, 0.2) is 0 Å². The Kier molecular flexibility index (Phi) is 6.96. The van der Waals surface area contributed by atoms with Gasteiger partial charge < -0.3 is 5.32 Å². The van der Waals surface area contributed by atoms with Crippen molar-refractivity contribution in [2.45, 2.75) is 24.7 Å². The average Bonchev–Trinajstić information content (AvgIpc) is 2.37. The van der Waals surface area contributed by atoms with Gasteiger partial charge in [-0.25, -0.2) is 13.1 Å². The number of piperidine rings is 1. The molecule has 8 heteroatoms. The van der Waals surface area contributed by atoms with Crippen LogP contribution < -0.4 is 10.0 Å². The maximum absolute atomic E-state index is 12.4. The Morgan fingerprint density at radius 1 is 1.38 bits per heavy atom. The summed E-state index contributed by atoms with van der Waals surface area (Å²) in [6.07, 6.45) is 1.92. The van der Waals surface area contributed by atoms with Crippen LogP contribution in [0.3, 0.4) is 0 Å². The molecule has 120 valence electrons. The summed E-state index contributed by atoms with van der Waals surface area (Å²) in [6.45, 7) is 4.38. The molecule has 2 rings (SSSR count). The van der Waals surface area contributed by atoms with Crippen molar-refractivity contribution in [3.8, 4) is 0 Å². The van der Waals surface area contributed by atoms with Crippen LogP contribution in [0, 0.1) is 5.41 Å². The van der Waals surface area contributed by atoms with E-state index in [0.717, 1.165) is 25.9 Å².